The summed E-state index contributed by atoms with van der Waals surface area (Å²) in [5.74, 6) is -0.447. The number of hydrogen-bond acceptors (Lipinski definition) is 4. The first kappa shape index (κ1) is 16.8. The smallest absolute Gasteiger partial charge is 0.274 e. The summed E-state index contributed by atoms with van der Waals surface area (Å²) in [4.78, 5) is 28.9. The molecule has 0 fully saturated rings. The van der Waals surface area contributed by atoms with E-state index in [1.807, 2.05) is 53.2 Å². The molecule has 130 valence electrons. The van der Waals surface area contributed by atoms with Gasteiger partial charge in [-0.2, -0.15) is 0 Å². The molecule has 0 atom stereocenters. The van der Waals surface area contributed by atoms with Crippen molar-refractivity contribution in [3.05, 3.63) is 80.3 Å². The number of fused-ring (bicyclic) bond motifs is 1. The van der Waals surface area contributed by atoms with Gasteiger partial charge in [0.1, 0.15) is 5.70 Å². The number of carbonyl (C=O) groups excluding carboxylic acids is 2. The normalized spacial score (nSPS) is 13.5. The van der Waals surface area contributed by atoms with Crippen LogP contribution in [-0.2, 0) is 11.2 Å². The van der Waals surface area contributed by atoms with E-state index in [1.54, 1.807) is 17.0 Å². The lowest BCUT2D eigenvalue weighted by atomic mass is 10.2. The van der Waals surface area contributed by atoms with Gasteiger partial charge in [-0.05, 0) is 47.0 Å². The summed E-state index contributed by atoms with van der Waals surface area (Å²) in [6.45, 7) is 0.620. The molecule has 4 nitrogen and oxygen atoms in total. The zero-order valence-electron chi connectivity index (χ0n) is 13.8. The van der Waals surface area contributed by atoms with Crippen molar-refractivity contribution in [3.8, 4) is 0 Å². The minimum absolute atomic E-state index is 0.187. The van der Waals surface area contributed by atoms with E-state index in [9.17, 15) is 9.59 Å². The second-order valence-corrected chi connectivity index (χ2v) is 7.77. The Bertz CT molecular complexity index is 960. The minimum Gasteiger partial charge on any atom is -0.317 e. The number of anilines is 1. The molecule has 2 amide bonds. The van der Waals surface area contributed by atoms with Gasteiger partial charge in [0, 0.05) is 17.1 Å². The highest BCUT2D eigenvalue weighted by atomic mass is 32.1. The van der Waals surface area contributed by atoms with E-state index in [0.717, 1.165) is 22.5 Å². The standard InChI is InChI=1S/C20H16N2O2S2/c23-19(18-8-4-12-26-18)21-16(13-15-6-3-11-25-15)20(24)22-10-9-14-5-1-2-7-17(14)22/h1-8,11-13H,9-10H2,(H,21,23)/b16-13+. The van der Waals surface area contributed by atoms with Crippen LogP contribution in [0.5, 0.6) is 0 Å². The molecule has 0 bridgehead atoms. The Hall–Kier alpha value is -2.70. The Kier molecular flexibility index (Phi) is 4.69. The molecule has 2 aromatic heterocycles. The molecule has 0 saturated carbocycles. The maximum Gasteiger partial charge on any atom is 0.274 e. The number of rotatable bonds is 4. The highest BCUT2D eigenvalue weighted by molar-refractivity contribution is 7.12. The molecule has 0 saturated heterocycles. The lowest BCUT2D eigenvalue weighted by molar-refractivity contribution is -0.115. The van der Waals surface area contributed by atoms with Gasteiger partial charge in [0.25, 0.3) is 11.8 Å². The molecule has 0 spiro atoms. The number of amides is 2. The van der Waals surface area contributed by atoms with Crippen molar-refractivity contribution < 1.29 is 9.59 Å². The second-order valence-electron chi connectivity index (χ2n) is 5.84. The summed E-state index contributed by atoms with van der Waals surface area (Å²) >= 11 is 2.88. The highest BCUT2D eigenvalue weighted by Crippen LogP contribution is 2.29. The monoisotopic (exact) mass is 380 g/mol. The predicted octanol–water partition coefficient (Wildman–Crippen LogP) is 4.17. The molecular formula is C20H16N2O2S2. The van der Waals surface area contributed by atoms with E-state index in [1.165, 1.54) is 22.7 Å². The number of thiophene rings is 2. The van der Waals surface area contributed by atoms with Crippen LogP contribution in [0.3, 0.4) is 0 Å². The SMILES string of the molecule is O=C(N/C(=C/c1cccs1)C(=O)N1CCc2ccccc21)c1cccs1. The Balaban J connectivity index is 1.65. The maximum absolute atomic E-state index is 13.2. The highest BCUT2D eigenvalue weighted by Gasteiger charge is 2.27. The predicted molar refractivity (Wildman–Crippen MR) is 107 cm³/mol. The van der Waals surface area contributed by atoms with Crippen molar-refractivity contribution in [2.45, 2.75) is 6.42 Å². The molecule has 4 rings (SSSR count). The molecule has 0 aliphatic carbocycles. The van der Waals surface area contributed by atoms with Crippen LogP contribution < -0.4 is 10.2 Å². The molecule has 3 aromatic rings. The van der Waals surface area contributed by atoms with Crippen LogP contribution in [-0.4, -0.2) is 18.4 Å². The Morgan fingerprint density at radius 2 is 1.81 bits per heavy atom. The quantitative estimate of drug-likeness (QED) is 0.691. The summed E-state index contributed by atoms with van der Waals surface area (Å²) in [7, 11) is 0. The molecule has 3 heterocycles. The summed E-state index contributed by atoms with van der Waals surface area (Å²) in [5.41, 5.74) is 2.36. The number of para-hydroxylation sites is 1. The Morgan fingerprint density at radius 3 is 2.58 bits per heavy atom. The molecule has 1 N–H and O–H groups in total. The average Bonchev–Trinajstić information content (AvgIpc) is 3.40. The van der Waals surface area contributed by atoms with Gasteiger partial charge in [-0.25, -0.2) is 0 Å². The molecule has 1 aliphatic rings. The molecule has 1 aliphatic heterocycles. The third-order valence-corrected chi connectivity index (χ3v) is 5.87. The molecule has 6 heteroatoms. The van der Waals surface area contributed by atoms with Gasteiger partial charge in [0.05, 0.1) is 4.88 Å². The Morgan fingerprint density at radius 1 is 1.00 bits per heavy atom. The molecule has 0 radical (unpaired) electrons. The first-order valence-corrected chi connectivity index (χ1v) is 9.98. The number of benzene rings is 1. The van der Waals surface area contributed by atoms with Gasteiger partial charge >= 0.3 is 0 Å². The summed E-state index contributed by atoms with van der Waals surface area (Å²) < 4.78 is 0. The zero-order valence-corrected chi connectivity index (χ0v) is 15.5. The molecule has 1 aromatic carbocycles. The topological polar surface area (TPSA) is 49.4 Å². The van der Waals surface area contributed by atoms with Crippen LogP contribution >= 0.6 is 22.7 Å². The third kappa shape index (κ3) is 3.34. The molecular weight excluding hydrogens is 364 g/mol. The van der Waals surface area contributed by atoms with Crippen molar-refractivity contribution in [1.29, 1.82) is 0 Å². The largest absolute Gasteiger partial charge is 0.317 e. The van der Waals surface area contributed by atoms with E-state index in [-0.39, 0.29) is 11.8 Å². The van der Waals surface area contributed by atoms with Gasteiger partial charge < -0.3 is 10.2 Å². The zero-order chi connectivity index (χ0) is 17.9. The van der Waals surface area contributed by atoms with Gasteiger partial charge in [0.2, 0.25) is 0 Å². The minimum atomic E-state index is -0.261. The van der Waals surface area contributed by atoms with E-state index < -0.39 is 0 Å². The number of hydrogen-bond donors (Lipinski definition) is 1. The fourth-order valence-electron chi connectivity index (χ4n) is 2.95. The van der Waals surface area contributed by atoms with Gasteiger partial charge in [0.15, 0.2) is 0 Å². The van der Waals surface area contributed by atoms with Crippen LogP contribution in [0, 0.1) is 0 Å². The van der Waals surface area contributed by atoms with E-state index in [4.69, 9.17) is 0 Å². The summed E-state index contributed by atoms with van der Waals surface area (Å²) in [5, 5.41) is 6.60. The van der Waals surface area contributed by atoms with Crippen molar-refractivity contribution >= 4 is 46.3 Å². The van der Waals surface area contributed by atoms with Crippen LogP contribution in [0.15, 0.2) is 65.0 Å². The van der Waals surface area contributed by atoms with Crippen LogP contribution in [0.25, 0.3) is 6.08 Å². The first-order valence-electron chi connectivity index (χ1n) is 8.22. The lowest BCUT2D eigenvalue weighted by Crippen LogP contribution is -2.37. The summed E-state index contributed by atoms with van der Waals surface area (Å²) in [6.07, 6.45) is 2.58. The maximum atomic E-state index is 13.2. The average molecular weight is 380 g/mol. The summed E-state index contributed by atoms with van der Waals surface area (Å²) in [6, 6.07) is 15.3. The van der Waals surface area contributed by atoms with Gasteiger partial charge in [-0.1, -0.05) is 30.3 Å². The third-order valence-electron chi connectivity index (χ3n) is 4.19. The van der Waals surface area contributed by atoms with Crippen molar-refractivity contribution in [2.75, 3.05) is 11.4 Å². The van der Waals surface area contributed by atoms with Crippen molar-refractivity contribution in [2.24, 2.45) is 0 Å². The fraction of sp³-hybridized carbons (Fsp3) is 0.100. The number of nitrogens with zero attached hydrogens (tertiary/aromatic N) is 1. The van der Waals surface area contributed by atoms with Crippen LogP contribution in [0.2, 0.25) is 0 Å². The van der Waals surface area contributed by atoms with Gasteiger partial charge in [-0.3, -0.25) is 9.59 Å². The Labute approximate surface area is 159 Å². The van der Waals surface area contributed by atoms with E-state index >= 15 is 0 Å². The van der Waals surface area contributed by atoms with Crippen LogP contribution in [0.1, 0.15) is 20.1 Å². The fourth-order valence-corrected chi connectivity index (χ4v) is 4.23. The molecule has 0 unspecified atom stereocenters. The van der Waals surface area contributed by atoms with E-state index in [0.29, 0.717) is 17.1 Å². The number of carbonyl (C=O) groups is 2. The lowest BCUT2D eigenvalue weighted by Gasteiger charge is -2.19. The van der Waals surface area contributed by atoms with Crippen LogP contribution in [0.4, 0.5) is 5.69 Å². The molecule has 26 heavy (non-hydrogen) atoms. The second kappa shape index (κ2) is 7.27. The van der Waals surface area contributed by atoms with Gasteiger partial charge in [-0.15, -0.1) is 22.7 Å². The first-order chi connectivity index (χ1) is 12.7. The number of nitrogens with one attached hydrogen (secondary N) is 1. The van der Waals surface area contributed by atoms with E-state index in [2.05, 4.69) is 5.32 Å². The van der Waals surface area contributed by atoms with Crippen molar-refractivity contribution in [1.82, 2.24) is 5.32 Å². The van der Waals surface area contributed by atoms with Crippen molar-refractivity contribution in [3.63, 3.8) is 0 Å².